The van der Waals surface area contributed by atoms with E-state index in [9.17, 15) is 14.9 Å². The number of benzene rings is 3. The smallest absolute Gasteiger partial charge is 0.269 e. The lowest BCUT2D eigenvalue weighted by molar-refractivity contribution is -0.384. The van der Waals surface area contributed by atoms with Gasteiger partial charge in [0.1, 0.15) is 0 Å². The summed E-state index contributed by atoms with van der Waals surface area (Å²) in [6.45, 7) is 0. The average Bonchev–Trinajstić information content (AvgIpc) is 2.72. The maximum absolute atomic E-state index is 12.6. The van der Waals surface area contributed by atoms with E-state index in [0.29, 0.717) is 5.56 Å². The highest BCUT2D eigenvalue weighted by Crippen LogP contribution is 2.18. The third-order valence-corrected chi connectivity index (χ3v) is 4.07. The molecule has 1 N–H and O–H groups in total. The zero-order chi connectivity index (χ0) is 19.1. The Morgan fingerprint density at radius 2 is 1.48 bits per heavy atom. The second-order valence-electron chi connectivity index (χ2n) is 5.94. The SMILES string of the molecule is O=C(NC(/C=C/c1ccccc1)c1ccccc1)c1ccc([N+](=O)[O-])cc1. The highest BCUT2D eigenvalue weighted by molar-refractivity contribution is 5.94. The third kappa shape index (κ3) is 4.89. The molecule has 0 heterocycles. The monoisotopic (exact) mass is 358 g/mol. The van der Waals surface area contributed by atoms with Crippen molar-refractivity contribution in [3.05, 3.63) is 118 Å². The Morgan fingerprint density at radius 1 is 0.889 bits per heavy atom. The van der Waals surface area contributed by atoms with Crippen molar-refractivity contribution >= 4 is 17.7 Å². The number of amides is 1. The summed E-state index contributed by atoms with van der Waals surface area (Å²) < 4.78 is 0. The van der Waals surface area contributed by atoms with E-state index in [1.54, 1.807) is 0 Å². The summed E-state index contributed by atoms with van der Waals surface area (Å²) in [5.74, 6) is -0.295. The van der Waals surface area contributed by atoms with Gasteiger partial charge in [0, 0.05) is 17.7 Å². The molecule has 5 heteroatoms. The first-order valence-electron chi connectivity index (χ1n) is 8.47. The van der Waals surface area contributed by atoms with E-state index in [4.69, 9.17) is 0 Å². The van der Waals surface area contributed by atoms with Gasteiger partial charge < -0.3 is 5.32 Å². The van der Waals surface area contributed by atoms with Crippen molar-refractivity contribution in [2.45, 2.75) is 6.04 Å². The van der Waals surface area contributed by atoms with Crippen molar-refractivity contribution in [2.24, 2.45) is 0 Å². The van der Waals surface area contributed by atoms with Crippen molar-refractivity contribution < 1.29 is 9.72 Å². The summed E-state index contributed by atoms with van der Waals surface area (Å²) in [5, 5.41) is 13.7. The summed E-state index contributed by atoms with van der Waals surface area (Å²) in [6.07, 6.45) is 3.88. The number of carbonyl (C=O) groups is 1. The van der Waals surface area contributed by atoms with Crippen LogP contribution in [-0.4, -0.2) is 10.8 Å². The lowest BCUT2D eigenvalue weighted by Crippen LogP contribution is -2.27. The Hall–Kier alpha value is -3.73. The fraction of sp³-hybridized carbons (Fsp3) is 0.0455. The first-order valence-corrected chi connectivity index (χ1v) is 8.47. The van der Waals surface area contributed by atoms with Gasteiger partial charge >= 0.3 is 0 Å². The molecular formula is C22H18N2O3. The fourth-order valence-electron chi connectivity index (χ4n) is 2.63. The number of carbonyl (C=O) groups excluding carboxylic acids is 1. The Bertz CT molecular complexity index is 936. The van der Waals surface area contributed by atoms with E-state index < -0.39 is 4.92 Å². The molecule has 0 radical (unpaired) electrons. The third-order valence-electron chi connectivity index (χ3n) is 4.07. The van der Waals surface area contributed by atoms with E-state index in [1.807, 2.05) is 72.8 Å². The topological polar surface area (TPSA) is 72.2 Å². The quantitative estimate of drug-likeness (QED) is 0.509. The van der Waals surface area contributed by atoms with Crippen LogP contribution in [0.15, 0.2) is 91.0 Å². The van der Waals surface area contributed by atoms with E-state index in [0.717, 1.165) is 11.1 Å². The molecule has 0 saturated heterocycles. The molecule has 0 aromatic heterocycles. The maximum Gasteiger partial charge on any atom is 0.269 e. The van der Waals surface area contributed by atoms with Crippen molar-refractivity contribution in [3.63, 3.8) is 0 Å². The average molecular weight is 358 g/mol. The van der Waals surface area contributed by atoms with Gasteiger partial charge in [-0.2, -0.15) is 0 Å². The molecule has 0 aliphatic heterocycles. The molecule has 0 aliphatic carbocycles. The number of nitrogens with one attached hydrogen (secondary N) is 1. The Morgan fingerprint density at radius 3 is 2.07 bits per heavy atom. The van der Waals surface area contributed by atoms with Crippen LogP contribution in [0.1, 0.15) is 27.5 Å². The minimum atomic E-state index is -0.489. The Balaban J connectivity index is 1.81. The molecule has 5 nitrogen and oxygen atoms in total. The van der Waals surface area contributed by atoms with Crippen LogP contribution in [0.2, 0.25) is 0 Å². The first kappa shape index (κ1) is 18.1. The maximum atomic E-state index is 12.6. The molecular weight excluding hydrogens is 340 g/mol. The molecule has 27 heavy (non-hydrogen) atoms. The standard InChI is InChI=1S/C22H18N2O3/c25-22(19-12-14-20(15-13-19)24(26)27)23-21(18-9-5-2-6-10-18)16-11-17-7-3-1-4-8-17/h1-16,21H,(H,23,25)/b16-11+. The molecule has 1 unspecified atom stereocenters. The van der Waals surface area contributed by atoms with E-state index in [-0.39, 0.29) is 17.6 Å². The molecule has 0 spiro atoms. The Kier molecular flexibility index (Phi) is 5.74. The molecule has 134 valence electrons. The van der Waals surface area contributed by atoms with Crippen molar-refractivity contribution in [1.29, 1.82) is 0 Å². The highest BCUT2D eigenvalue weighted by Gasteiger charge is 2.14. The number of nitrogens with zero attached hydrogens (tertiary/aromatic N) is 1. The number of nitro groups is 1. The lowest BCUT2D eigenvalue weighted by Gasteiger charge is -2.16. The fourth-order valence-corrected chi connectivity index (χ4v) is 2.63. The minimum absolute atomic E-state index is 0.0462. The molecule has 0 saturated carbocycles. The zero-order valence-corrected chi connectivity index (χ0v) is 14.5. The molecule has 0 aliphatic rings. The lowest BCUT2D eigenvalue weighted by atomic mass is 10.0. The highest BCUT2D eigenvalue weighted by atomic mass is 16.6. The number of non-ortho nitro benzene ring substituents is 1. The minimum Gasteiger partial charge on any atom is -0.342 e. The van der Waals surface area contributed by atoms with Gasteiger partial charge in [-0.15, -0.1) is 0 Å². The summed E-state index contributed by atoms with van der Waals surface area (Å²) in [4.78, 5) is 22.9. The number of hydrogen-bond donors (Lipinski definition) is 1. The molecule has 0 bridgehead atoms. The van der Waals surface area contributed by atoms with Crippen LogP contribution in [-0.2, 0) is 0 Å². The number of nitro benzene ring substituents is 1. The van der Waals surface area contributed by atoms with Crippen LogP contribution in [0.3, 0.4) is 0 Å². The van der Waals surface area contributed by atoms with Crippen LogP contribution in [0, 0.1) is 10.1 Å². The van der Waals surface area contributed by atoms with Crippen LogP contribution in [0.4, 0.5) is 5.69 Å². The molecule has 3 aromatic rings. The predicted octanol–water partition coefficient (Wildman–Crippen LogP) is 4.78. The van der Waals surface area contributed by atoms with Gasteiger partial charge in [0.2, 0.25) is 0 Å². The first-order chi connectivity index (χ1) is 13.1. The zero-order valence-electron chi connectivity index (χ0n) is 14.5. The van der Waals surface area contributed by atoms with Crippen molar-refractivity contribution in [3.8, 4) is 0 Å². The Labute approximate surface area is 157 Å². The van der Waals surface area contributed by atoms with Gasteiger partial charge in [0.25, 0.3) is 11.6 Å². The summed E-state index contributed by atoms with van der Waals surface area (Å²) in [7, 11) is 0. The second-order valence-corrected chi connectivity index (χ2v) is 5.94. The number of rotatable bonds is 6. The van der Waals surface area contributed by atoms with Gasteiger partial charge in [-0.1, -0.05) is 72.8 Å². The van der Waals surface area contributed by atoms with Gasteiger partial charge in [0.15, 0.2) is 0 Å². The normalized spacial score (nSPS) is 11.9. The summed E-state index contributed by atoms with van der Waals surface area (Å²) in [5.41, 5.74) is 2.30. The van der Waals surface area contributed by atoms with E-state index in [2.05, 4.69) is 5.32 Å². The molecule has 1 atom stereocenters. The van der Waals surface area contributed by atoms with E-state index >= 15 is 0 Å². The van der Waals surface area contributed by atoms with Crippen LogP contribution in [0.25, 0.3) is 6.08 Å². The summed E-state index contributed by atoms with van der Waals surface area (Å²) in [6, 6.07) is 24.7. The molecule has 3 aromatic carbocycles. The van der Waals surface area contributed by atoms with Gasteiger partial charge in [0.05, 0.1) is 11.0 Å². The number of hydrogen-bond acceptors (Lipinski definition) is 3. The van der Waals surface area contributed by atoms with Gasteiger partial charge in [-0.05, 0) is 23.3 Å². The van der Waals surface area contributed by atoms with Gasteiger partial charge in [-0.25, -0.2) is 0 Å². The van der Waals surface area contributed by atoms with Crippen LogP contribution < -0.4 is 5.32 Å². The summed E-state index contributed by atoms with van der Waals surface area (Å²) >= 11 is 0. The van der Waals surface area contributed by atoms with Crippen molar-refractivity contribution in [1.82, 2.24) is 5.32 Å². The molecule has 1 amide bonds. The molecule has 3 rings (SSSR count). The van der Waals surface area contributed by atoms with Crippen LogP contribution >= 0.6 is 0 Å². The van der Waals surface area contributed by atoms with Crippen molar-refractivity contribution in [2.75, 3.05) is 0 Å². The van der Waals surface area contributed by atoms with Gasteiger partial charge in [-0.3, -0.25) is 14.9 Å². The predicted molar refractivity (Wildman–Crippen MR) is 105 cm³/mol. The van der Waals surface area contributed by atoms with E-state index in [1.165, 1.54) is 24.3 Å². The second kappa shape index (κ2) is 8.58. The molecule has 0 fully saturated rings. The van der Waals surface area contributed by atoms with Crippen LogP contribution in [0.5, 0.6) is 0 Å². The largest absolute Gasteiger partial charge is 0.342 e.